The molecule has 0 spiro atoms. The van der Waals surface area contributed by atoms with Crippen LogP contribution in [0.5, 0.6) is 0 Å². The van der Waals surface area contributed by atoms with Crippen molar-refractivity contribution in [1.29, 1.82) is 0 Å². The van der Waals surface area contributed by atoms with Crippen LogP contribution in [0, 0.1) is 0 Å². The number of hydrogen-bond acceptors (Lipinski definition) is 2. The second-order valence-electron chi connectivity index (χ2n) is 3.60. The van der Waals surface area contributed by atoms with Gasteiger partial charge in [-0.2, -0.15) is 0 Å². The maximum Gasteiger partial charge on any atom is 0.170 e. The van der Waals surface area contributed by atoms with Gasteiger partial charge in [-0.15, -0.1) is 11.8 Å². The van der Waals surface area contributed by atoms with Crippen LogP contribution < -0.4 is 10.6 Å². The molecule has 0 aromatic heterocycles. The fourth-order valence-electron chi connectivity index (χ4n) is 1.28. The molecule has 1 aromatic carbocycles. The molecule has 2 rings (SSSR count). The van der Waals surface area contributed by atoms with E-state index in [0.29, 0.717) is 6.04 Å². The highest BCUT2D eigenvalue weighted by molar-refractivity contribution is 7.98. The summed E-state index contributed by atoms with van der Waals surface area (Å²) in [4.78, 5) is 1.24. The van der Waals surface area contributed by atoms with E-state index in [2.05, 4.69) is 29.0 Å². The van der Waals surface area contributed by atoms with Crippen molar-refractivity contribution in [2.24, 2.45) is 0 Å². The fraction of sp³-hybridized carbons (Fsp3) is 0.364. The average Bonchev–Trinajstić information content (AvgIpc) is 3.02. The third-order valence-corrected chi connectivity index (χ3v) is 3.19. The highest BCUT2D eigenvalue weighted by Gasteiger charge is 2.21. The lowest BCUT2D eigenvalue weighted by Crippen LogP contribution is -2.30. The summed E-state index contributed by atoms with van der Waals surface area (Å²) >= 11 is 6.94. The Bertz CT molecular complexity index is 361. The predicted molar refractivity (Wildman–Crippen MR) is 70.6 cm³/mol. The molecule has 15 heavy (non-hydrogen) atoms. The minimum absolute atomic E-state index is 0.605. The summed E-state index contributed by atoms with van der Waals surface area (Å²) in [7, 11) is 0. The van der Waals surface area contributed by atoms with Gasteiger partial charge in [0.1, 0.15) is 0 Å². The Morgan fingerprint density at radius 1 is 1.47 bits per heavy atom. The molecule has 1 aliphatic carbocycles. The van der Waals surface area contributed by atoms with Gasteiger partial charge in [-0.25, -0.2) is 0 Å². The Hall–Kier alpha value is -0.740. The molecule has 1 aliphatic rings. The molecule has 2 nitrogen and oxygen atoms in total. The van der Waals surface area contributed by atoms with E-state index in [9.17, 15) is 0 Å². The molecule has 0 unspecified atom stereocenters. The number of rotatable bonds is 3. The first-order valence-electron chi connectivity index (χ1n) is 4.99. The lowest BCUT2D eigenvalue weighted by atomic mass is 10.3. The summed E-state index contributed by atoms with van der Waals surface area (Å²) < 4.78 is 0. The quantitative estimate of drug-likeness (QED) is 0.624. The minimum atomic E-state index is 0.605. The maximum atomic E-state index is 5.20. The standard InChI is InChI=1S/C11H14N2S2/c1-15-10-4-2-3-9(7-10)13-11(14)12-8-5-6-8/h2-4,7-8H,5-6H2,1H3,(H2,12,13,14). The summed E-state index contributed by atoms with van der Waals surface area (Å²) in [6.45, 7) is 0. The summed E-state index contributed by atoms with van der Waals surface area (Å²) in [5.74, 6) is 0. The topological polar surface area (TPSA) is 24.1 Å². The molecule has 0 radical (unpaired) electrons. The predicted octanol–water partition coefficient (Wildman–Crippen LogP) is 2.86. The van der Waals surface area contributed by atoms with Crippen LogP contribution in [0.2, 0.25) is 0 Å². The van der Waals surface area contributed by atoms with Crippen molar-refractivity contribution in [2.75, 3.05) is 11.6 Å². The Kier molecular flexibility index (Phi) is 3.49. The van der Waals surface area contributed by atoms with E-state index < -0.39 is 0 Å². The monoisotopic (exact) mass is 238 g/mol. The maximum absolute atomic E-state index is 5.20. The van der Waals surface area contributed by atoms with Crippen LogP contribution in [0.3, 0.4) is 0 Å². The van der Waals surface area contributed by atoms with Crippen molar-refractivity contribution in [3.8, 4) is 0 Å². The van der Waals surface area contributed by atoms with Gasteiger partial charge in [-0.1, -0.05) is 6.07 Å². The highest BCUT2D eigenvalue weighted by atomic mass is 32.2. The van der Waals surface area contributed by atoms with Gasteiger partial charge in [0.15, 0.2) is 5.11 Å². The van der Waals surface area contributed by atoms with E-state index >= 15 is 0 Å². The van der Waals surface area contributed by atoms with Crippen LogP contribution in [-0.2, 0) is 0 Å². The van der Waals surface area contributed by atoms with Gasteiger partial charge in [-0.3, -0.25) is 0 Å². The van der Waals surface area contributed by atoms with Gasteiger partial charge in [-0.05, 0) is 49.5 Å². The summed E-state index contributed by atoms with van der Waals surface area (Å²) in [6, 6.07) is 8.86. The number of nitrogens with one attached hydrogen (secondary N) is 2. The Morgan fingerprint density at radius 2 is 2.27 bits per heavy atom. The van der Waals surface area contributed by atoms with Gasteiger partial charge < -0.3 is 10.6 Å². The van der Waals surface area contributed by atoms with Crippen molar-refractivity contribution < 1.29 is 0 Å². The largest absolute Gasteiger partial charge is 0.360 e. The molecule has 0 bridgehead atoms. The number of hydrogen-bond donors (Lipinski definition) is 2. The molecule has 0 saturated heterocycles. The molecule has 1 fully saturated rings. The molecule has 0 amide bonds. The lowest BCUT2D eigenvalue weighted by Gasteiger charge is -2.10. The number of benzene rings is 1. The highest BCUT2D eigenvalue weighted by Crippen LogP contribution is 2.20. The first-order valence-corrected chi connectivity index (χ1v) is 6.63. The fourth-order valence-corrected chi connectivity index (χ4v) is 2.03. The molecular formula is C11H14N2S2. The molecule has 0 heterocycles. The van der Waals surface area contributed by atoms with E-state index in [4.69, 9.17) is 12.2 Å². The zero-order valence-corrected chi connectivity index (χ0v) is 10.3. The molecule has 1 saturated carbocycles. The SMILES string of the molecule is CSc1cccc(NC(=S)NC2CC2)c1. The second-order valence-corrected chi connectivity index (χ2v) is 4.89. The summed E-state index contributed by atoms with van der Waals surface area (Å²) in [5.41, 5.74) is 1.06. The molecule has 0 atom stereocenters. The molecule has 80 valence electrons. The van der Waals surface area contributed by atoms with Gasteiger partial charge >= 0.3 is 0 Å². The number of anilines is 1. The van der Waals surface area contributed by atoms with Crippen LogP contribution in [-0.4, -0.2) is 17.4 Å². The van der Waals surface area contributed by atoms with Crippen molar-refractivity contribution in [3.63, 3.8) is 0 Å². The molecular weight excluding hydrogens is 224 g/mol. The van der Waals surface area contributed by atoms with Crippen LogP contribution in [0.15, 0.2) is 29.2 Å². The van der Waals surface area contributed by atoms with Crippen LogP contribution in [0.25, 0.3) is 0 Å². The third-order valence-electron chi connectivity index (χ3n) is 2.24. The van der Waals surface area contributed by atoms with Gasteiger partial charge in [0.05, 0.1) is 0 Å². The first-order chi connectivity index (χ1) is 7.28. The van der Waals surface area contributed by atoms with Crippen molar-refractivity contribution in [1.82, 2.24) is 5.32 Å². The Balaban J connectivity index is 1.93. The van der Waals surface area contributed by atoms with E-state index in [1.807, 2.05) is 12.1 Å². The zero-order valence-electron chi connectivity index (χ0n) is 8.62. The Labute approximate surface area is 99.8 Å². The smallest absolute Gasteiger partial charge is 0.170 e. The number of thioether (sulfide) groups is 1. The summed E-state index contributed by atoms with van der Waals surface area (Å²) in [6.07, 6.45) is 4.55. The summed E-state index contributed by atoms with van der Waals surface area (Å²) in [5, 5.41) is 7.18. The average molecular weight is 238 g/mol. The normalized spacial score (nSPS) is 14.7. The number of thiocarbonyl (C=S) groups is 1. The van der Waals surface area contributed by atoms with E-state index in [-0.39, 0.29) is 0 Å². The molecule has 4 heteroatoms. The third kappa shape index (κ3) is 3.39. The minimum Gasteiger partial charge on any atom is -0.360 e. The first kappa shape index (κ1) is 10.8. The zero-order chi connectivity index (χ0) is 10.7. The van der Waals surface area contributed by atoms with Crippen LogP contribution in [0.1, 0.15) is 12.8 Å². The van der Waals surface area contributed by atoms with Crippen LogP contribution >= 0.6 is 24.0 Å². The van der Waals surface area contributed by atoms with Crippen LogP contribution in [0.4, 0.5) is 5.69 Å². The second kappa shape index (κ2) is 4.86. The molecule has 2 N–H and O–H groups in total. The molecule has 0 aliphatic heterocycles. The van der Waals surface area contributed by atoms with E-state index in [0.717, 1.165) is 10.8 Å². The van der Waals surface area contributed by atoms with Gasteiger partial charge in [0.25, 0.3) is 0 Å². The van der Waals surface area contributed by atoms with E-state index in [1.54, 1.807) is 11.8 Å². The van der Waals surface area contributed by atoms with Crippen molar-refractivity contribution in [3.05, 3.63) is 24.3 Å². The van der Waals surface area contributed by atoms with Gasteiger partial charge in [0.2, 0.25) is 0 Å². The van der Waals surface area contributed by atoms with Crippen molar-refractivity contribution in [2.45, 2.75) is 23.8 Å². The van der Waals surface area contributed by atoms with E-state index in [1.165, 1.54) is 17.7 Å². The van der Waals surface area contributed by atoms with Crippen molar-refractivity contribution >= 4 is 34.8 Å². The lowest BCUT2D eigenvalue weighted by molar-refractivity contribution is 0.919. The molecule has 1 aromatic rings. The Morgan fingerprint density at radius 3 is 2.93 bits per heavy atom. The van der Waals surface area contributed by atoms with Gasteiger partial charge in [0, 0.05) is 16.6 Å².